The molecule has 0 aromatic heterocycles. The smallest absolute Gasteiger partial charge is 0.269 e. The number of halogens is 1. The number of para-hydroxylation sites is 1. The molecule has 5 aromatic rings. The van der Waals surface area contributed by atoms with Gasteiger partial charge in [0.05, 0.1) is 11.4 Å². The lowest BCUT2D eigenvalue weighted by molar-refractivity contribution is 0.402. The Hall–Kier alpha value is -3.55. The zero-order chi connectivity index (χ0) is 30.3. The number of anilines is 3. The molecule has 5 aromatic carbocycles. The van der Waals surface area contributed by atoms with Crippen molar-refractivity contribution in [1.82, 2.24) is 4.90 Å². The fraction of sp³-hybridized carbons (Fsp3) is 0.194. The summed E-state index contributed by atoms with van der Waals surface area (Å²) in [4.78, 5) is 9.09. The van der Waals surface area contributed by atoms with Gasteiger partial charge in [-0.1, -0.05) is 78.0 Å². The number of hydrogen-bond acceptors (Lipinski definition) is 5. The van der Waals surface area contributed by atoms with Crippen molar-refractivity contribution < 1.29 is 4.74 Å². The third-order valence-electron chi connectivity index (χ3n) is 7.16. The maximum absolute atomic E-state index is 6.21. The van der Waals surface area contributed by atoms with Gasteiger partial charge in [-0.05, 0) is 117 Å². The van der Waals surface area contributed by atoms with Crippen LogP contribution in [0.3, 0.4) is 0 Å². The van der Waals surface area contributed by atoms with Crippen LogP contribution in [0.4, 0.5) is 17.1 Å². The van der Waals surface area contributed by atoms with E-state index >= 15 is 0 Å². The summed E-state index contributed by atoms with van der Waals surface area (Å²) in [5.74, 6) is 0.753. The van der Waals surface area contributed by atoms with Crippen LogP contribution in [0.5, 0.6) is 5.75 Å². The molecule has 43 heavy (non-hydrogen) atoms. The molecule has 0 unspecified atom stereocenters. The molecule has 7 heteroatoms. The van der Waals surface area contributed by atoms with Gasteiger partial charge in [0.2, 0.25) is 0 Å². The summed E-state index contributed by atoms with van der Waals surface area (Å²) in [6.07, 6.45) is 1.12. The largest absolute Gasteiger partial charge is 0.432 e. The number of rotatable bonds is 6. The molecule has 220 valence electrons. The molecule has 1 aliphatic heterocycles. The molecule has 0 bridgehead atoms. The van der Waals surface area contributed by atoms with Gasteiger partial charge < -0.3 is 19.4 Å². The number of benzene rings is 5. The van der Waals surface area contributed by atoms with Crippen LogP contribution in [0, 0.1) is 6.92 Å². The first kappa shape index (κ1) is 30.9. The van der Waals surface area contributed by atoms with Crippen LogP contribution >= 0.6 is 35.6 Å². The Morgan fingerprint density at radius 2 is 1.53 bits per heavy atom. The average molecular weight is 626 g/mol. The fourth-order valence-electron chi connectivity index (χ4n) is 4.93. The molecule has 0 fully saturated rings. The molecular formula is C36H36ClN3OS2. The number of nitrogens with zero attached hydrogens (tertiary/aromatic N) is 3. The second-order valence-electron chi connectivity index (χ2n) is 10.8. The molecule has 0 atom stereocenters. The standard InChI is InChI=1S/C19H17NOS.C17H19ClN2S/c1-14-6-5-9-17(12-14)20(2)19(22)21-18-11-10-15-7-3-4-8-16(15)13-18;1-19(2)10-5-11-20-14-6-3-4-7-16(14)21-17-9-8-13(18)12-15(17)20/h3-13H,1-2H3;3-4,6-9,12H,5,10-11H2,1-2H3. The highest BCUT2D eigenvalue weighted by Crippen LogP contribution is 2.48. The third-order valence-corrected chi connectivity index (χ3v) is 8.89. The second kappa shape index (κ2) is 14.3. The van der Waals surface area contributed by atoms with Crippen molar-refractivity contribution in [3.8, 4) is 5.75 Å². The van der Waals surface area contributed by atoms with Crippen LogP contribution in [-0.4, -0.2) is 44.3 Å². The lowest BCUT2D eigenvalue weighted by atomic mass is 10.1. The van der Waals surface area contributed by atoms with Crippen molar-refractivity contribution in [2.75, 3.05) is 44.0 Å². The summed E-state index contributed by atoms with van der Waals surface area (Å²) in [6, 6.07) is 37.1. The van der Waals surface area contributed by atoms with E-state index in [1.54, 1.807) is 0 Å². The Balaban J connectivity index is 0.000000171. The molecule has 0 amide bonds. The SMILES string of the molecule is CN(C)CCCN1c2ccccc2Sc2ccc(Cl)cc21.Cc1cccc(N(C)C(=S)Oc2ccc3ccccc3c2)c1. The summed E-state index contributed by atoms with van der Waals surface area (Å²) >= 11 is 13.4. The topological polar surface area (TPSA) is 19.0 Å². The molecule has 0 spiro atoms. The van der Waals surface area contributed by atoms with Gasteiger partial charge in [-0.2, -0.15) is 0 Å². The van der Waals surface area contributed by atoms with E-state index in [4.69, 9.17) is 28.6 Å². The van der Waals surface area contributed by atoms with Gasteiger partial charge in [0.15, 0.2) is 0 Å². The molecule has 0 radical (unpaired) electrons. The van der Waals surface area contributed by atoms with Crippen LogP contribution in [0.2, 0.25) is 5.02 Å². The minimum Gasteiger partial charge on any atom is -0.432 e. The monoisotopic (exact) mass is 625 g/mol. The Morgan fingerprint density at radius 3 is 2.33 bits per heavy atom. The highest BCUT2D eigenvalue weighted by atomic mass is 35.5. The first-order valence-corrected chi connectivity index (χ1v) is 15.9. The van der Waals surface area contributed by atoms with Crippen molar-refractivity contribution in [2.45, 2.75) is 23.1 Å². The Labute approximate surface area is 269 Å². The summed E-state index contributed by atoms with van der Waals surface area (Å²) in [5.41, 5.74) is 4.73. The number of hydrogen-bond donors (Lipinski definition) is 0. The quantitative estimate of drug-likeness (QED) is 0.174. The number of thiocarbonyl (C=S) groups is 1. The molecule has 1 aliphatic rings. The summed E-state index contributed by atoms with van der Waals surface area (Å²) < 4.78 is 5.84. The van der Waals surface area contributed by atoms with E-state index in [2.05, 4.69) is 91.5 Å². The van der Waals surface area contributed by atoms with Crippen molar-refractivity contribution in [3.63, 3.8) is 0 Å². The van der Waals surface area contributed by atoms with Gasteiger partial charge in [-0.25, -0.2) is 0 Å². The van der Waals surface area contributed by atoms with Gasteiger partial charge in [0, 0.05) is 34.1 Å². The Morgan fingerprint density at radius 1 is 0.791 bits per heavy atom. The Kier molecular flexibility index (Phi) is 10.3. The van der Waals surface area contributed by atoms with Crippen molar-refractivity contribution >= 4 is 68.6 Å². The normalized spacial score (nSPS) is 11.8. The fourth-order valence-corrected chi connectivity index (χ4v) is 6.37. The third kappa shape index (κ3) is 7.89. The van der Waals surface area contributed by atoms with Crippen molar-refractivity contribution in [1.29, 1.82) is 0 Å². The molecular weight excluding hydrogens is 590 g/mol. The summed E-state index contributed by atoms with van der Waals surface area (Å²) in [5, 5.41) is 3.56. The Bertz CT molecular complexity index is 1720. The summed E-state index contributed by atoms with van der Waals surface area (Å²) in [6.45, 7) is 4.15. The van der Waals surface area contributed by atoms with E-state index in [0.29, 0.717) is 5.17 Å². The summed E-state index contributed by atoms with van der Waals surface area (Å²) in [7, 11) is 6.15. The lowest BCUT2D eigenvalue weighted by Gasteiger charge is -2.33. The minimum absolute atomic E-state index is 0.431. The van der Waals surface area contributed by atoms with E-state index in [1.807, 2.05) is 72.2 Å². The number of ether oxygens (including phenoxy) is 1. The minimum atomic E-state index is 0.431. The van der Waals surface area contributed by atoms with Crippen LogP contribution < -0.4 is 14.5 Å². The highest BCUT2D eigenvalue weighted by Gasteiger charge is 2.23. The number of aryl methyl sites for hydroxylation is 1. The molecule has 0 saturated heterocycles. The maximum Gasteiger partial charge on any atom is 0.269 e. The van der Waals surface area contributed by atoms with Crippen LogP contribution in [0.15, 0.2) is 119 Å². The molecule has 0 aliphatic carbocycles. The maximum atomic E-state index is 6.21. The average Bonchev–Trinajstić information content (AvgIpc) is 3.00. The zero-order valence-corrected chi connectivity index (χ0v) is 27.3. The van der Waals surface area contributed by atoms with Crippen LogP contribution in [0.25, 0.3) is 10.8 Å². The van der Waals surface area contributed by atoms with E-state index < -0.39 is 0 Å². The van der Waals surface area contributed by atoms with Crippen molar-refractivity contribution in [3.05, 3.63) is 120 Å². The second-order valence-corrected chi connectivity index (χ2v) is 12.6. The highest BCUT2D eigenvalue weighted by molar-refractivity contribution is 7.99. The van der Waals surface area contributed by atoms with E-state index in [9.17, 15) is 0 Å². The van der Waals surface area contributed by atoms with Crippen molar-refractivity contribution in [2.24, 2.45) is 0 Å². The van der Waals surface area contributed by atoms with E-state index in [1.165, 1.54) is 32.1 Å². The predicted molar refractivity (Wildman–Crippen MR) is 189 cm³/mol. The van der Waals surface area contributed by atoms with E-state index in [0.717, 1.165) is 41.4 Å². The molecule has 4 nitrogen and oxygen atoms in total. The molecule has 0 saturated carbocycles. The zero-order valence-electron chi connectivity index (χ0n) is 25.0. The first-order valence-electron chi connectivity index (χ1n) is 14.3. The number of fused-ring (bicyclic) bond motifs is 3. The van der Waals surface area contributed by atoms with Crippen LogP contribution in [0.1, 0.15) is 12.0 Å². The predicted octanol–water partition coefficient (Wildman–Crippen LogP) is 9.84. The molecule has 6 rings (SSSR count). The van der Waals surface area contributed by atoms with E-state index in [-0.39, 0.29) is 0 Å². The van der Waals surface area contributed by atoms with Gasteiger partial charge in [0.25, 0.3) is 5.17 Å². The van der Waals surface area contributed by atoms with Gasteiger partial charge in [-0.15, -0.1) is 0 Å². The van der Waals surface area contributed by atoms with Gasteiger partial charge in [0.1, 0.15) is 5.75 Å². The first-order chi connectivity index (χ1) is 20.8. The molecule has 1 heterocycles. The molecule has 0 N–H and O–H groups in total. The van der Waals surface area contributed by atoms with Gasteiger partial charge >= 0.3 is 0 Å². The van der Waals surface area contributed by atoms with Crippen LogP contribution in [-0.2, 0) is 0 Å². The van der Waals surface area contributed by atoms with Gasteiger partial charge in [-0.3, -0.25) is 0 Å². The lowest BCUT2D eigenvalue weighted by Crippen LogP contribution is -2.29.